The van der Waals surface area contributed by atoms with E-state index < -0.39 is 12.0 Å². The molecule has 2 fully saturated rings. The molecule has 0 aromatic rings. The third-order valence-electron chi connectivity index (χ3n) is 3.40. The number of carbonyl (C=O) groups excluding carboxylic acids is 2. The highest BCUT2D eigenvalue weighted by molar-refractivity contribution is 5.82. The molecule has 0 radical (unpaired) electrons. The molecule has 0 aromatic carbocycles. The van der Waals surface area contributed by atoms with Crippen LogP contribution < -0.4 is 0 Å². The highest BCUT2D eigenvalue weighted by Crippen LogP contribution is 2.25. The van der Waals surface area contributed by atoms with Crippen LogP contribution >= 0.6 is 0 Å². The number of methoxy groups -OCH3 is 1. The summed E-state index contributed by atoms with van der Waals surface area (Å²) in [6.45, 7) is 3.64. The van der Waals surface area contributed by atoms with Gasteiger partial charge >= 0.3 is 12.0 Å². The van der Waals surface area contributed by atoms with Gasteiger partial charge in [0.1, 0.15) is 0 Å². The summed E-state index contributed by atoms with van der Waals surface area (Å²) in [4.78, 5) is 26.9. The predicted octanol–water partition coefficient (Wildman–Crippen LogP) is -0.641. The number of amides is 2. The Balaban J connectivity index is 2.22. The Bertz CT molecular complexity index is 336. The maximum absolute atomic E-state index is 11.9. The fourth-order valence-electron chi connectivity index (χ4n) is 2.47. The Labute approximate surface area is 99.5 Å². The van der Waals surface area contributed by atoms with Crippen LogP contribution in [-0.4, -0.2) is 77.4 Å². The van der Waals surface area contributed by atoms with Gasteiger partial charge in [0.25, 0.3) is 0 Å². The fraction of sp³-hybridized carbons (Fsp3) is 0.800. The third-order valence-corrected chi connectivity index (χ3v) is 3.40. The minimum absolute atomic E-state index is 0.0699. The van der Waals surface area contributed by atoms with Gasteiger partial charge in [-0.2, -0.15) is 5.06 Å². The summed E-state index contributed by atoms with van der Waals surface area (Å²) in [5, 5.41) is 10.7. The Hall–Kier alpha value is -1.34. The van der Waals surface area contributed by atoms with Gasteiger partial charge in [-0.15, -0.1) is 0 Å². The van der Waals surface area contributed by atoms with E-state index >= 15 is 0 Å². The summed E-state index contributed by atoms with van der Waals surface area (Å²) >= 11 is 0. The molecule has 0 bridgehead atoms. The first kappa shape index (κ1) is 12.1. The lowest BCUT2D eigenvalue weighted by Crippen LogP contribution is -2.60. The molecule has 0 unspecified atom stereocenters. The van der Waals surface area contributed by atoms with Gasteiger partial charge in [-0.1, -0.05) is 0 Å². The lowest BCUT2D eigenvalue weighted by Gasteiger charge is -2.38. The number of hydrogen-bond donors (Lipinski definition) is 1. The molecular weight excluding hydrogens is 226 g/mol. The maximum atomic E-state index is 11.9. The van der Waals surface area contributed by atoms with E-state index in [9.17, 15) is 14.8 Å². The highest BCUT2D eigenvalue weighted by Gasteiger charge is 2.49. The van der Waals surface area contributed by atoms with Gasteiger partial charge in [0.2, 0.25) is 0 Å². The Morgan fingerprint density at radius 3 is 2.82 bits per heavy atom. The van der Waals surface area contributed by atoms with Crippen molar-refractivity contribution < 1.29 is 19.5 Å². The first-order valence-corrected chi connectivity index (χ1v) is 5.69. The van der Waals surface area contributed by atoms with Crippen LogP contribution in [-0.2, 0) is 9.53 Å². The van der Waals surface area contributed by atoms with E-state index in [-0.39, 0.29) is 18.6 Å². The molecule has 2 atom stereocenters. The van der Waals surface area contributed by atoms with Gasteiger partial charge in [-0.3, -0.25) is 4.79 Å². The van der Waals surface area contributed by atoms with Gasteiger partial charge in [-0.25, -0.2) is 4.79 Å². The highest BCUT2D eigenvalue weighted by atomic mass is 16.5. The smallest absolute Gasteiger partial charge is 0.327 e. The van der Waals surface area contributed by atoms with Crippen LogP contribution in [0.5, 0.6) is 0 Å². The zero-order chi connectivity index (χ0) is 12.6. The van der Waals surface area contributed by atoms with Crippen molar-refractivity contribution in [1.29, 1.82) is 0 Å². The molecule has 2 heterocycles. The van der Waals surface area contributed by atoms with E-state index in [0.717, 1.165) is 5.06 Å². The summed E-state index contributed by atoms with van der Waals surface area (Å²) in [5.74, 6) is -0.507. The molecule has 96 valence electrons. The number of urea groups is 1. The van der Waals surface area contributed by atoms with Crippen LogP contribution in [0.25, 0.3) is 0 Å². The minimum atomic E-state index is -0.783. The number of rotatable bonds is 2. The largest absolute Gasteiger partial charge is 0.468 e. The van der Waals surface area contributed by atoms with Crippen LogP contribution in [0.3, 0.4) is 0 Å². The molecule has 2 rings (SSSR count). The number of nitrogens with zero attached hydrogens (tertiary/aromatic N) is 3. The van der Waals surface area contributed by atoms with Gasteiger partial charge in [-0.05, 0) is 6.92 Å². The lowest BCUT2D eigenvalue weighted by molar-refractivity contribution is -0.189. The van der Waals surface area contributed by atoms with Gasteiger partial charge in [0.05, 0.1) is 13.2 Å². The van der Waals surface area contributed by atoms with E-state index in [4.69, 9.17) is 0 Å². The molecule has 0 aliphatic carbocycles. The number of fused-ring (bicyclic) bond motifs is 1. The molecule has 0 spiro atoms. The van der Waals surface area contributed by atoms with Crippen molar-refractivity contribution >= 4 is 12.0 Å². The van der Waals surface area contributed by atoms with E-state index in [1.54, 1.807) is 9.80 Å². The van der Waals surface area contributed by atoms with Crippen molar-refractivity contribution in [1.82, 2.24) is 14.9 Å². The molecular formula is C10H17N3O4. The predicted molar refractivity (Wildman–Crippen MR) is 57.4 cm³/mol. The van der Waals surface area contributed by atoms with Crippen molar-refractivity contribution in [2.75, 3.05) is 33.3 Å². The fourth-order valence-corrected chi connectivity index (χ4v) is 2.47. The third kappa shape index (κ3) is 1.85. The number of carbonyl (C=O) groups is 2. The summed E-state index contributed by atoms with van der Waals surface area (Å²) < 4.78 is 4.68. The average Bonchev–Trinajstić information content (AvgIpc) is 2.65. The number of ether oxygens (including phenoxy) is 1. The van der Waals surface area contributed by atoms with Crippen LogP contribution in [0.2, 0.25) is 0 Å². The van der Waals surface area contributed by atoms with E-state index in [0.29, 0.717) is 19.6 Å². The van der Waals surface area contributed by atoms with Crippen molar-refractivity contribution in [2.45, 2.75) is 19.0 Å². The van der Waals surface area contributed by atoms with Crippen LogP contribution in [0.15, 0.2) is 0 Å². The Morgan fingerprint density at radius 2 is 2.24 bits per heavy atom. The first-order chi connectivity index (χ1) is 8.10. The number of hydroxylamine groups is 2. The van der Waals surface area contributed by atoms with E-state index in [1.165, 1.54) is 7.11 Å². The van der Waals surface area contributed by atoms with Crippen LogP contribution in [0, 0.1) is 0 Å². The zero-order valence-corrected chi connectivity index (χ0v) is 10.00. The Kier molecular flexibility index (Phi) is 3.21. The summed E-state index contributed by atoms with van der Waals surface area (Å²) in [6, 6.07) is -1.18. The monoisotopic (exact) mass is 243 g/mol. The molecule has 2 aliphatic rings. The van der Waals surface area contributed by atoms with Gasteiger partial charge in [0, 0.05) is 26.2 Å². The first-order valence-electron chi connectivity index (χ1n) is 5.69. The molecule has 2 aliphatic heterocycles. The number of esters is 1. The van der Waals surface area contributed by atoms with Crippen molar-refractivity contribution in [3.8, 4) is 0 Å². The molecule has 1 N–H and O–H groups in total. The van der Waals surface area contributed by atoms with E-state index in [1.807, 2.05) is 6.92 Å². The number of piperazine rings is 1. The topological polar surface area (TPSA) is 73.3 Å². The second-order valence-electron chi connectivity index (χ2n) is 4.21. The standard InChI is InChI=1S/C10H17N3O4/c1-3-11-6-7-8(9(14)17-2)13(16)5-4-12(7)10(11)15/h7-8,16H,3-6H2,1-2H3/t7-,8+/m0/s1. The second-order valence-corrected chi connectivity index (χ2v) is 4.21. The molecule has 0 aromatic heterocycles. The molecule has 7 heteroatoms. The number of likely N-dealkylation sites (N-methyl/N-ethyl adjacent to an activating group) is 1. The minimum Gasteiger partial charge on any atom is -0.468 e. The molecule has 0 saturated carbocycles. The summed E-state index contributed by atoms with van der Waals surface area (Å²) in [5.41, 5.74) is 0. The van der Waals surface area contributed by atoms with Crippen LogP contribution in [0.4, 0.5) is 4.79 Å². The second kappa shape index (κ2) is 4.50. The lowest BCUT2D eigenvalue weighted by atomic mass is 10.1. The molecule has 2 saturated heterocycles. The summed E-state index contributed by atoms with van der Waals surface area (Å²) in [7, 11) is 1.28. The van der Waals surface area contributed by atoms with Gasteiger partial charge in [0.15, 0.2) is 6.04 Å². The van der Waals surface area contributed by atoms with E-state index in [2.05, 4.69) is 4.74 Å². The SMILES string of the molecule is CCN1C[C@H]2[C@H](C(=O)OC)N(O)CCN2C1=O. The van der Waals surface area contributed by atoms with Crippen LogP contribution in [0.1, 0.15) is 6.92 Å². The van der Waals surface area contributed by atoms with Crippen molar-refractivity contribution in [2.24, 2.45) is 0 Å². The summed E-state index contributed by atoms with van der Waals surface area (Å²) in [6.07, 6.45) is 0. The Morgan fingerprint density at radius 1 is 1.53 bits per heavy atom. The number of hydrogen-bond acceptors (Lipinski definition) is 5. The molecule has 2 amide bonds. The molecule has 7 nitrogen and oxygen atoms in total. The quantitative estimate of drug-likeness (QED) is 0.653. The average molecular weight is 243 g/mol. The normalized spacial score (nSPS) is 29.5. The molecule has 17 heavy (non-hydrogen) atoms. The zero-order valence-electron chi connectivity index (χ0n) is 10.00. The van der Waals surface area contributed by atoms with Gasteiger partial charge < -0.3 is 19.7 Å². The van der Waals surface area contributed by atoms with Crippen molar-refractivity contribution in [3.63, 3.8) is 0 Å². The maximum Gasteiger partial charge on any atom is 0.327 e. The van der Waals surface area contributed by atoms with Crippen molar-refractivity contribution in [3.05, 3.63) is 0 Å².